The Balaban J connectivity index is 1.30. The van der Waals surface area contributed by atoms with Crippen LogP contribution < -0.4 is 25.0 Å². The maximum Gasteiger partial charge on any atom is 0.323 e. The molecule has 0 spiro atoms. The second-order valence-electron chi connectivity index (χ2n) is 9.26. The van der Waals surface area contributed by atoms with Crippen molar-refractivity contribution in [1.82, 2.24) is 14.9 Å². The summed E-state index contributed by atoms with van der Waals surface area (Å²) in [5, 5.41) is 5.78. The zero-order valence-electron chi connectivity index (χ0n) is 19.9. The number of benzene rings is 2. The standard InChI is InChI=1S/C25H30N6O3/c1-25(2)10-9-17-21(34-25)8-7-19(22(17)33-4)29-24(32)26-16-5-6-18-20(15-16)28-23(27-18)31-13-11-30(3)12-14-31/h5-10,15H,11-14H2,1-4H3,(H,27,28)(H2,26,29,32). The van der Waals surface area contributed by atoms with E-state index in [1.165, 1.54) is 0 Å². The summed E-state index contributed by atoms with van der Waals surface area (Å²) in [6, 6.07) is 8.92. The van der Waals surface area contributed by atoms with E-state index in [2.05, 4.69) is 32.5 Å². The molecule has 2 aromatic carbocycles. The molecule has 2 aliphatic rings. The van der Waals surface area contributed by atoms with Crippen molar-refractivity contribution in [3.63, 3.8) is 0 Å². The fourth-order valence-electron chi connectivity index (χ4n) is 4.27. The van der Waals surface area contributed by atoms with Crippen LogP contribution in [0, 0.1) is 0 Å². The predicted molar refractivity (Wildman–Crippen MR) is 135 cm³/mol. The van der Waals surface area contributed by atoms with Crippen molar-refractivity contribution in [2.75, 3.05) is 55.9 Å². The first-order valence-electron chi connectivity index (χ1n) is 11.4. The van der Waals surface area contributed by atoms with Gasteiger partial charge in [0.05, 0.1) is 29.4 Å². The number of aromatic nitrogens is 2. The number of carbonyl (C=O) groups excluding carboxylic acids is 1. The second-order valence-corrected chi connectivity index (χ2v) is 9.26. The number of nitrogens with zero attached hydrogens (tertiary/aromatic N) is 3. The van der Waals surface area contributed by atoms with E-state index >= 15 is 0 Å². The van der Waals surface area contributed by atoms with Crippen LogP contribution in [0.3, 0.4) is 0 Å². The number of imidazole rings is 1. The molecule has 1 aromatic heterocycles. The van der Waals surface area contributed by atoms with Gasteiger partial charge in [-0.25, -0.2) is 9.78 Å². The highest BCUT2D eigenvalue weighted by molar-refractivity contribution is 6.02. The minimum Gasteiger partial charge on any atom is -0.494 e. The average molecular weight is 463 g/mol. The Kier molecular flexibility index (Phi) is 5.57. The maximum atomic E-state index is 12.8. The molecule has 9 heteroatoms. The lowest BCUT2D eigenvalue weighted by Gasteiger charge is -2.32. The van der Waals surface area contributed by atoms with Gasteiger partial charge >= 0.3 is 6.03 Å². The number of urea groups is 1. The minimum atomic E-state index is -0.389. The third kappa shape index (κ3) is 4.38. The lowest BCUT2D eigenvalue weighted by Crippen LogP contribution is -2.44. The Morgan fingerprint density at radius 2 is 1.94 bits per heavy atom. The Hall–Kier alpha value is -3.72. The number of rotatable bonds is 4. The molecular weight excluding hydrogens is 432 g/mol. The van der Waals surface area contributed by atoms with E-state index < -0.39 is 0 Å². The lowest BCUT2D eigenvalue weighted by atomic mass is 10.0. The summed E-state index contributed by atoms with van der Waals surface area (Å²) in [4.78, 5) is 25.5. The number of hydrogen-bond acceptors (Lipinski definition) is 6. The van der Waals surface area contributed by atoms with E-state index in [9.17, 15) is 4.79 Å². The van der Waals surface area contributed by atoms with Crippen LogP contribution in [0.15, 0.2) is 36.4 Å². The number of nitrogens with one attached hydrogen (secondary N) is 3. The van der Waals surface area contributed by atoms with E-state index in [0.29, 0.717) is 17.1 Å². The van der Waals surface area contributed by atoms with Crippen molar-refractivity contribution in [2.24, 2.45) is 0 Å². The molecule has 1 fully saturated rings. The van der Waals surface area contributed by atoms with Gasteiger partial charge in [-0.05, 0) is 63.4 Å². The third-order valence-electron chi connectivity index (χ3n) is 6.16. The van der Waals surface area contributed by atoms with Gasteiger partial charge in [-0.15, -0.1) is 0 Å². The second kappa shape index (κ2) is 8.57. The Morgan fingerprint density at radius 3 is 2.71 bits per heavy atom. The summed E-state index contributed by atoms with van der Waals surface area (Å²) in [5.41, 5.74) is 3.37. The third-order valence-corrected chi connectivity index (χ3v) is 6.16. The van der Waals surface area contributed by atoms with Crippen LogP contribution in [-0.4, -0.2) is 66.8 Å². The maximum absolute atomic E-state index is 12.8. The number of likely N-dealkylation sites (N-methyl/N-ethyl adjacent to an activating group) is 1. The average Bonchev–Trinajstić information content (AvgIpc) is 3.22. The van der Waals surface area contributed by atoms with E-state index in [0.717, 1.165) is 54.5 Å². The van der Waals surface area contributed by atoms with E-state index in [1.54, 1.807) is 13.2 Å². The zero-order valence-corrected chi connectivity index (χ0v) is 19.9. The monoisotopic (exact) mass is 462 g/mol. The summed E-state index contributed by atoms with van der Waals surface area (Å²) in [7, 11) is 3.71. The molecule has 3 heterocycles. The van der Waals surface area contributed by atoms with Crippen molar-refractivity contribution in [3.8, 4) is 11.5 Å². The van der Waals surface area contributed by atoms with Crippen molar-refractivity contribution in [3.05, 3.63) is 42.0 Å². The molecule has 5 rings (SSSR count). The van der Waals surface area contributed by atoms with E-state index in [4.69, 9.17) is 14.5 Å². The molecule has 0 radical (unpaired) electrons. The summed E-state index contributed by atoms with van der Waals surface area (Å²) in [5.74, 6) is 2.14. The van der Waals surface area contributed by atoms with Gasteiger partial charge in [0.25, 0.3) is 0 Å². The number of piperazine rings is 1. The summed E-state index contributed by atoms with van der Waals surface area (Å²) in [6.45, 7) is 7.87. The van der Waals surface area contributed by atoms with Gasteiger partial charge in [0, 0.05) is 31.9 Å². The SMILES string of the molecule is COc1c(NC(=O)Nc2ccc3[nH]c(N4CCN(C)CC4)nc3c2)ccc2c1C=CC(C)(C)O2. The van der Waals surface area contributed by atoms with Crippen molar-refractivity contribution in [2.45, 2.75) is 19.4 Å². The molecule has 2 aliphatic heterocycles. The van der Waals surface area contributed by atoms with Gasteiger partial charge in [-0.3, -0.25) is 0 Å². The molecule has 3 aromatic rings. The Labute approximate surface area is 198 Å². The number of ether oxygens (including phenoxy) is 2. The number of amides is 2. The lowest BCUT2D eigenvalue weighted by molar-refractivity contribution is 0.158. The van der Waals surface area contributed by atoms with Crippen molar-refractivity contribution < 1.29 is 14.3 Å². The molecule has 34 heavy (non-hydrogen) atoms. The normalized spacial score (nSPS) is 17.2. The van der Waals surface area contributed by atoms with Crippen LogP contribution in [0.4, 0.5) is 22.1 Å². The number of anilines is 3. The number of hydrogen-bond donors (Lipinski definition) is 3. The molecule has 9 nitrogen and oxygen atoms in total. The van der Waals surface area contributed by atoms with Gasteiger partial charge in [0.2, 0.25) is 5.95 Å². The van der Waals surface area contributed by atoms with Gasteiger partial charge in [0.15, 0.2) is 5.75 Å². The number of carbonyl (C=O) groups is 1. The molecule has 0 saturated carbocycles. The molecule has 3 N–H and O–H groups in total. The van der Waals surface area contributed by atoms with Crippen LogP contribution in [0.2, 0.25) is 0 Å². The first-order chi connectivity index (χ1) is 16.3. The van der Waals surface area contributed by atoms with Crippen molar-refractivity contribution in [1.29, 1.82) is 0 Å². The number of methoxy groups -OCH3 is 1. The minimum absolute atomic E-state index is 0.367. The van der Waals surface area contributed by atoms with Gasteiger partial charge in [-0.1, -0.05) is 0 Å². The van der Waals surface area contributed by atoms with Gasteiger partial charge in [-0.2, -0.15) is 0 Å². The fraction of sp³-hybridized carbons (Fsp3) is 0.360. The molecule has 0 unspecified atom stereocenters. The molecular formula is C25H30N6O3. The predicted octanol–water partition coefficient (Wildman–Crippen LogP) is 4.15. The molecule has 2 amide bonds. The quantitative estimate of drug-likeness (QED) is 0.539. The molecule has 178 valence electrons. The van der Waals surface area contributed by atoms with E-state index in [-0.39, 0.29) is 11.6 Å². The smallest absolute Gasteiger partial charge is 0.323 e. The molecule has 0 aliphatic carbocycles. The summed E-state index contributed by atoms with van der Waals surface area (Å²) < 4.78 is 11.6. The van der Waals surface area contributed by atoms with E-state index in [1.807, 2.05) is 50.3 Å². The highest BCUT2D eigenvalue weighted by Crippen LogP contribution is 2.41. The first-order valence-corrected chi connectivity index (χ1v) is 11.4. The highest BCUT2D eigenvalue weighted by atomic mass is 16.5. The molecule has 0 atom stereocenters. The summed E-state index contributed by atoms with van der Waals surface area (Å²) >= 11 is 0. The topological polar surface area (TPSA) is 94.8 Å². The fourth-order valence-corrected chi connectivity index (χ4v) is 4.27. The van der Waals surface area contributed by atoms with Gasteiger partial charge in [0.1, 0.15) is 11.4 Å². The summed E-state index contributed by atoms with van der Waals surface area (Å²) in [6.07, 6.45) is 3.93. The molecule has 1 saturated heterocycles. The van der Waals surface area contributed by atoms with Crippen LogP contribution in [0.5, 0.6) is 11.5 Å². The first kappa shape index (κ1) is 22.1. The van der Waals surface area contributed by atoms with Crippen LogP contribution in [0.25, 0.3) is 17.1 Å². The van der Waals surface area contributed by atoms with Gasteiger partial charge < -0.3 is 34.9 Å². The van der Waals surface area contributed by atoms with Crippen LogP contribution >= 0.6 is 0 Å². The van der Waals surface area contributed by atoms with Crippen LogP contribution in [-0.2, 0) is 0 Å². The Bertz CT molecular complexity index is 1260. The zero-order chi connectivity index (χ0) is 23.9. The number of H-pyrrole nitrogens is 1. The number of aromatic amines is 1. The molecule has 0 bridgehead atoms. The van der Waals surface area contributed by atoms with Crippen LogP contribution in [0.1, 0.15) is 19.4 Å². The largest absolute Gasteiger partial charge is 0.494 e. The van der Waals surface area contributed by atoms with Crippen molar-refractivity contribution >= 4 is 40.5 Å². The number of fused-ring (bicyclic) bond motifs is 2. The highest BCUT2D eigenvalue weighted by Gasteiger charge is 2.25. The Morgan fingerprint density at radius 1 is 1.15 bits per heavy atom.